The van der Waals surface area contributed by atoms with E-state index >= 15 is 0 Å². The minimum atomic E-state index is -1.08. The number of benzene rings is 1. The number of carboxylic acid groups (broad SMARTS) is 1. The Balaban J connectivity index is 2.82. The van der Waals surface area contributed by atoms with E-state index in [9.17, 15) is 9.18 Å². The number of carbonyl (C=O) groups is 1. The molecular formula is C12H11FN2O2. The molecule has 0 saturated heterocycles. The molecule has 0 unspecified atom stereocenters. The number of aromatic carboxylic acids is 1. The molecule has 0 aliphatic heterocycles. The summed E-state index contributed by atoms with van der Waals surface area (Å²) in [5, 5.41) is 9.56. The van der Waals surface area contributed by atoms with Crippen molar-refractivity contribution in [2.75, 3.05) is 19.0 Å². The van der Waals surface area contributed by atoms with Crippen molar-refractivity contribution in [3.63, 3.8) is 0 Å². The van der Waals surface area contributed by atoms with Crippen molar-refractivity contribution in [3.8, 4) is 0 Å². The second-order valence-electron chi connectivity index (χ2n) is 3.87. The number of pyridine rings is 1. The van der Waals surface area contributed by atoms with Crippen LogP contribution in [0.25, 0.3) is 10.9 Å². The molecule has 0 fully saturated rings. The van der Waals surface area contributed by atoms with Gasteiger partial charge in [-0.2, -0.15) is 0 Å². The van der Waals surface area contributed by atoms with Crippen LogP contribution in [0.5, 0.6) is 0 Å². The molecule has 0 saturated carbocycles. The third kappa shape index (κ3) is 1.91. The molecule has 0 aliphatic rings. The summed E-state index contributed by atoms with van der Waals surface area (Å²) in [5.41, 5.74) is 0.245. The van der Waals surface area contributed by atoms with Gasteiger partial charge in [0.1, 0.15) is 22.7 Å². The third-order valence-electron chi connectivity index (χ3n) is 2.43. The highest BCUT2D eigenvalue weighted by Crippen LogP contribution is 2.24. The molecule has 0 amide bonds. The molecule has 17 heavy (non-hydrogen) atoms. The van der Waals surface area contributed by atoms with Gasteiger partial charge < -0.3 is 10.0 Å². The van der Waals surface area contributed by atoms with Gasteiger partial charge in [0.25, 0.3) is 0 Å². The molecule has 0 aliphatic carbocycles. The molecule has 1 heterocycles. The van der Waals surface area contributed by atoms with E-state index in [1.54, 1.807) is 25.1 Å². The molecule has 0 bridgehead atoms. The Morgan fingerprint density at radius 3 is 2.71 bits per heavy atom. The molecule has 1 aromatic carbocycles. The lowest BCUT2D eigenvalue weighted by atomic mass is 10.1. The van der Waals surface area contributed by atoms with Crippen molar-refractivity contribution in [3.05, 3.63) is 35.6 Å². The zero-order valence-electron chi connectivity index (χ0n) is 9.44. The molecule has 1 aromatic heterocycles. The normalized spacial score (nSPS) is 10.5. The number of anilines is 1. The minimum absolute atomic E-state index is 0.0631. The summed E-state index contributed by atoms with van der Waals surface area (Å²) < 4.78 is 13.5. The standard InChI is InChI=1S/C12H11FN2O2/c1-15(2)11-8(12(16)17)6-7-4-3-5-9(13)10(7)14-11/h3-6H,1-2H3,(H,16,17). The van der Waals surface area contributed by atoms with Crippen LogP contribution in [0, 0.1) is 5.82 Å². The number of halogens is 1. The Morgan fingerprint density at radius 2 is 2.12 bits per heavy atom. The summed E-state index contributed by atoms with van der Waals surface area (Å²) in [5.74, 6) is -1.29. The first-order valence-electron chi connectivity index (χ1n) is 5.00. The zero-order chi connectivity index (χ0) is 12.6. The smallest absolute Gasteiger partial charge is 0.339 e. The predicted molar refractivity (Wildman–Crippen MR) is 63.0 cm³/mol. The molecule has 2 aromatic rings. The van der Waals surface area contributed by atoms with Gasteiger partial charge in [-0.3, -0.25) is 0 Å². The SMILES string of the molecule is CN(C)c1nc2c(F)cccc2cc1C(=O)O. The van der Waals surface area contributed by atoms with Gasteiger partial charge in [-0.05, 0) is 12.1 Å². The lowest BCUT2D eigenvalue weighted by Crippen LogP contribution is -2.16. The van der Waals surface area contributed by atoms with E-state index in [0.717, 1.165) is 0 Å². The highest BCUT2D eigenvalue weighted by Gasteiger charge is 2.16. The number of hydrogen-bond donors (Lipinski definition) is 1. The molecular weight excluding hydrogens is 223 g/mol. The quantitative estimate of drug-likeness (QED) is 0.864. The van der Waals surface area contributed by atoms with Gasteiger partial charge in [0.2, 0.25) is 0 Å². The van der Waals surface area contributed by atoms with E-state index in [1.807, 2.05) is 0 Å². The molecule has 88 valence electrons. The number of para-hydroxylation sites is 1. The topological polar surface area (TPSA) is 53.4 Å². The van der Waals surface area contributed by atoms with Crippen molar-refractivity contribution < 1.29 is 14.3 Å². The zero-order valence-corrected chi connectivity index (χ0v) is 9.44. The molecule has 0 atom stereocenters. The summed E-state index contributed by atoms with van der Waals surface area (Å²) in [6.45, 7) is 0. The van der Waals surface area contributed by atoms with Crippen molar-refractivity contribution in [2.45, 2.75) is 0 Å². The Bertz CT molecular complexity index is 596. The van der Waals surface area contributed by atoms with Crippen LogP contribution in [0.2, 0.25) is 0 Å². The van der Waals surface area contributed by atoms with Crippen LogP contribution in [0.1, 0.15) is 10.4 Å². The van der Waals surface area contributed by atoms with Crippen molar-refractivity contribution in [2.24, 2.45) is 0 Å². The fourth-order valence-electron chi connectivity index (χ4n) is 1.65. The van der Waals surface area contributed by atoms with E-state index in [2.05, 4.69) is 4.98 Å². The average molecular weight is 234 g/mol. The number of nitrogens with zero attached hydrogens (tertiary/aromatic N) is 2. The highest BCUT2D eigenvalue weighted by molar-refractivity contribution is 5.98. The van der Waals surface area contributed by atoms with E-state index in [4.69, 9.17) is 5.11 Å². The number of hydrogen-bond acceptors (Lipinski definition) is 3. The van der Waals surface area contributed by atoms with Gasteiger partial charge in [0.05, 0.1) is 0 Å². The summed E-state index contributed by atoms with van der Waals surface area (Å²) >= 11 is 0. The molecule has 1 N–H and O–H groups in total. The van der Waals surface area contributed by atoms with Crippen LogP contribution in [0.3, 0.4) is 0 Å². The van der Waals surface area contributed by atoms with E-state index in [-0.39, 0.29) is 16.9 Å². The minimum Gasteiger partial charge on any atom is -0.478 e. The first-order chi connectivity index (χ1) is 8.00. The maximum absolute atomic E-state index is 13.5. The van der Waals surface area contributed by atoms with Gasteiger partial charge in [-0.1, -0.05) is 12.1 Å². The van der Waals surface area contributed by atoms with Crippen molar-refractivity contribution in [1.82, 2.24) is 4.98 Å². The molecule has 4 nitrogen and oxygen atoms in total. The Kier molecular flexibility index (Phi) is 2.67. The largest absolute Gasteiger partial charge is 0.478 e. The molecule has 5 heteroatoms. The third-order valence-corrected chi connectivity index (χ3v) is 2.43. The molecule has 2 rings (SSSR count). The van der Waals surface area contributed by atoms with Gasteiger partial charge in [0.15, 0.2) is 0 Å². The number of aromatic nitrogens is 1. The van der Waals surface area contributed by atoms with E-state index < -0.39 is 11.8 Å². The van der Waals surface area contributed by atoms with Gasteiger partial charge in [0, 0.05) is 19.5 Å². The monoisotopic (exact) mass is 234 g/mol. The number of rotatable bonds is 2. The summed E-state index contributed by atoms with van der Waals surface area (Å²) in [7, 11) is 3.34. The van der Waals surface area contributed by atoms with Crippen LogP contribution >= 0.6 is 0 Å². The summed E-state index contributed by atoms with van der Waals surface area (Å²) in [6.07, 6.45) is 0. The Labute approximate surface area is 97.3 Å². The van der Waals surface area contributed by atoms with Crippen LogP contribution in [-0.2, 0) is 0 Å². The summed E-state index contributed by atoms with van der Waals surface area (Å²) in [4.78, 5) is 16.7. The maximum atomic E-state index is 13.5. The second kappa shape index (κ2) is 4.01. The van der Waals surface area contributed by atoms with Crippen molar-refractivity contribution in [1.29, 1.82) is 0 Å². The number of fused-ring (bicyclic) bond motifs is 1. The highest BCUT2D eigenvalue weighted by atomic mass is 19.1. The predicted octanol–water partition coefficient (Wildman–Crippen LogP) is 2.14. The Hall–Kier alpha value is -2.17. The van der Waals surface area contributed by atoms with Gasteiger partial charge in [-0.15, -0.1) is 0 Å². The maximum Gasteiger partial charge on any atom is 0.339 e. The Morgan fingerprint density at radius 1 is 1.41 bits per heavy atom. The molecule has 0 radical (unpaired) electrons. The van der Waals surface area contributed by atoms with Crippen LogP contribution in [0.15, 0.2) is 24.3 Å². The van der Waals surface area contributed by atoms with E-state index in [1.165, 1.54) is 18.2 Å². The fraction of sp³-hybridized carbons (Fsp3) is 0.167. The van der Waals surface area contributed by atoms with Crippen molar-refractivity contribution >= 4 is 22.7 Å². The lowest BCUT2D eigenvalue weighted by Gasteiger charge is -2.15. The summed E-state index contributed by atoms with van der Waals surface area (Å²) in [6, 6.07) is 5.90. The second-order valence-corrected chi connectivity index (χ2v) is 3.87. The lowest BCUT2D eigenvalue weighted by molar-refractivity contribution is 0.0697. The van der Waals surface area contributed by atoms with Gasteiger partial charge in [-0.25, -0.2) is 14.2 Å². The average Bonchev–Trinajstić information content (AvgIpc) is 2.27. The van der Waals surface area contributed by atoms with Crippen LogP contribution < -0.4 is 4.90 Å². The van der Waals surface area contributed by atoms with Gasteiger partial charge >= 0.3 is 5.97 Å². The van der Waals surface area contributed by atoms with Crippen LogP contribution in [0.4, 0.5) is 10.2 Å². The molecule has 0 spiro atoms. The first kappa shape index (κ1) is 11.3. The number of carboxylic acids is 1. The van der Waals surface area contributed by atoms with Crippen LogP contribution in [-0.4, -0.2) is 30.2 Å². The van der Waals surface area contributed by atoms with E-state index in [0.29, 0.717) is 5.39 Å². The fourth-order valence-corrected chi connectivity index (χ4v) is 1.65. The first-order valence-corrected chi connectivity index (χ1v) is 5.00.